The molecule has 5 nitrogen and oxygen atoms in total. The Bertz CT molecular complexity index is 1120. The van der Waals surface area contributed by atoms with Gasteiger partial charge in [0.2, 0.25) is 0 Å². The Balaban J connectivity index is 1.16. The SMILES string of the molecule is C[C@@H](NCCC1CCC(NC(=O)N2CCC[C@@H]2C(O)(c2ccccc2)c2ccccc2)CC1)c1ccccc1. The molecule has 2 atom stereocenters. The Hall–Kier alpha value is -3.15. The van der Waals surface area contributed by atoms with Crippen molar-refractivity contribution >= 4 is 6.03 Å². The number of nitrogens with zero attached hydrogens (tertiary/aromatic N) is 1. The summed E-state index contributed by atoms with van der Waals surface area (Å²) in [5.41, 5.74) is 1.74. The average Bonchev–Trinajstić information content (AvgIpc) is 3.50. The number of urea groups is 1. The topological polar surface area (TPSA) is 64.6 Å². The lowest BCUT2D eigenvalue weighted by Gasteiger charge is -2.41. The van der Waals surface area contributed by atoms with Crippen LogP contribution in [-0.2, 0) is 5.60 Å². The molecular formula is C34H43N3O2. The first kappa shape index (κ1) is 27.4. The van der Waals surface area contributed by atoms with Gasteiger partial charge in [-0.3, -0.25) is 0 Å². The van der Waals surface area contributed by atoms with E-state index in [1.54, 1.807) is 0 Å². The normalized spacial score (nSPS) is 22.4. The van der Waals surface area contributed by atoms with Gasteiger partial charge in [-0.1, -0.05) is 91.0 Å². The summed E-state index contributed by atoms with van der Waals surface area (Å²) in [4.78, 5) is 15.5. The van der Waals surface area contributed by atoms with Crippen LogP contribution in [-0.4, -0.2) is 41.2 Å². The quantitative estimate of drug-likeness (QED) is 0.303. The maximum absolute atomic E-state index is 13.6. The fourth-order valence-corrected chi connectivity index (χ4v) is 6.60. The molecule has 1 aliphatic heterocycles. The van der Waals surface area contributed by atoms with E-state index in [4.69, 9.17) is 0 Å². The Kier molecular flexibility index (Phi) is 9.00. The first-order valence-electron chi connectivity index (χ1n) is 14.7. The zero-order valence-electron chi connectivity index (χ0n) is 23.1. The summed E-state index contributed by atoms with van der Waals surface area (Å²) in [5.74, 6) is 0.703. The highest BCUT2D eigenvalue weighted by molar-refractivity contribution is 5.75. The van der Waals surface area contributed by atoms with Gasteiger partial charge >= 0.3 is 6.03 Å². The summed E-state index contributed by atoms with van der Waals surface area (Å²) in [6.07, 6.45) is 7.17. The maximum atomic E-state index is 13.6. The number of benzene rings is 3. The van der Waals surface area contributed by atoms with Crippen molar-refractivity contribution in [3.8, 4) is 0 Å². The Morgan fingerprint density at radius 1 is 0.872 bits per heavy atom. The smallest absolute Gasteiger partial charge is 0.317 e. The number of amides is 2. The highest BCUT2D eigenvalue weighted by Gasteiger charge is 2.47. The summed E-state index contributed by atoms with van der Waals surface area (Å²) >= 11 is 0. The van der Waals surface area contributed by atoms with Gasteiger partial charge in [-0.25, -0.2) is 4.79 Å². The molecular weight excluding hydrogens is 482 g/mol. The van der Waals surface area contributed by atoms with E-state index >= 15 is 0 Å². The van der Waals surface area contributed by atoms with Crippen molar-refractivity contribution in [3.05, 3.63) is 108 Å². The van der Waals surface area contributed by atoms with Crippen molar-refractivity contribution in [1.82, 2.24) is 15.5 Å². The summed E-state index contributed by atoms with van der Waals surface area (Å²) in [6.45, 7) is 3.91. The molecule has 1 saturated carbocycles. The van der Waals surface area contributed by atoms with Gasteiger partial charge < -0.3 is 20.6 Å². The average molecular weight is 526 g/mol. The van der Waals surface area contributed by atoms with Crippen molar-refractivity contribution in [2.45, 2.75) is 75.6 Å². The summed E-state index contributed by atoms with van der Waals surface area (Å²) < 4.78 is 0. The van der Waals surface area contributed by atoms with Gasteiger partial charge in [0.25, 0.3) is 0 Å². The second-order valence-electron chi connectivity index (χ2n) is 11.4. The van der Waals surface area contributed by atoms with Crippen molar-refractivity contribution in [3.63, 3.8) is 0 Å². The second-order valence-corrected chi connectivity index (χ2v) is 11.4. The molecule has 5 rings (SSSR count). The first-order valence-corrected chi connectivity index (χ1v) is 14.7. The molecule has 3 aromatic rings. The third-order valence-electron chi connectivity index (χ3n) is 8.90. The number of nitrogens with one attached hydrogen (secondary N) is 2. The van der Waals surface area contributed by atoms with Gasteiger partial charge in [-0.05, 0) is 81.0 Å². The van der Waals surface area contributed by atoms with E-state index in [0.29, 0.717) is 18.5 Å². The van der Waals surface area contributed by atoms with Crippen LogP contribution in [0.5, 0.6) is 0 Å². The molecule has 0 spiro atoms. The van der Waals surface area contributed by atoms with Gasteiger partial charge in [0.05, 0.1) is 6.04 Å². The van der Waals surface area contributed by atoms with Gasteiger partial charge in [0.15, 0.2) is 0 Å². The van der Waals surface area contributed by atoms with Gasteiger partial charge in [-0.2, -0.15) is 0 Å². The van der Waals surface area contributed by atoms with Crippen LogP contribution in [0.25, 0.3) is 0 Å². The van der Waals surface area contributed by atoms with Crippen LogP contribution in [0.4, 0.5) is 4.79 Å². The molecule has 2 fully saturated rings. The van der Waals surface area contributed by atoms with E-state index in [9.17, 15) is 9.90 Å². The van der Waals surface area contributed by atoms with Crippen LogP contribution in [0, 0.1) is 5.92 Å². The second kappa shape index (κ2) is 12.8. The monoisotopic (exact) mass is 525 g/mol. The van der Waals surface area contributed by atoms with Gasteiger partial charge in [-0.15, -0.1) is 0 Å². The number of rotatable bonds is 9. The molecule has 3 N–H and O–H groups in total. The van der Waals surface area contributed by atoms with Crippen molar-refractivity contribution in [1.29, 1.82) is 0 Å². The molecule has 0 unspecified atom stereocenters. The zero-order chi connectivity index (χ0) is 27.1. The summed E-state index contributed by atoms with van der Waals surface area (Å²) in [6, 6.07) is 30.5. The minimum absolute atomic E-state index is 0.0374. The third-order valence-corrected chi connectivity index (χ3v) is 8.90. The minimum atomic E-state index is -1.25. The highest BCUT2D eigenvalue weighted by Crippen LogP contribution is 2.40. The molecule has 2 amide bonds. The van der Waals surface area contributed by atoms with E-state index in [0.717, 1.165) is 56.2 Å². The molecule has 5 heteroatoms. The number of aliphatic hydroxyl groups is 1. The minimum Gasteiger partial charge on any atom is -0.378 e. The molecule has 2 aliphatic rings. The maximum Gasteiger partial charge on any atom is 0.317 e. The predicted molar refractivity (Wildman–Crippen MR) is 157 cm³/mol. The van der Waals surface area contributed by atoms with Crippen molar-refractivity contribution in [2.24, 2.45) is 5.92 Å². The Morgan fingerprint density at radius 2 is 1.44 bits per heavy atom. The largest absolute Gasteiger partial charge is 0.378 e. The third kappa shape index (κ3) is 6.37. The van der Waals surface area contributed by atoms with Crippen LogP contribution >= 0.6 is 0 Å². The molecule has 1 aliphatic carbocycles. The lowest BCUT2D eigenvalue weighted by molar-refractivity contribution is 0.00804. The number of hydrogen-bond acceptors (Lipinski definition) is 3. The summed E-state index contributed by atoms with van der Waals surface area (Å²) in [7, 11) is 0. The molecule has 0 aromatic heterocycles. The fraction of sp³-hybridized carbons (Fsp3) is 0.441. The Labute approximate surface area is 233 Å². The van der Waals surface area contributed by atoms with Crippen molar-refractivity contribution in [2.75, 3.05) is 13.1 Å². The molecule has 3 aromatic carbocycles. The molecule has 206 valence electrons. The lowest BCUT2D eigenvalue weighted by atomic mass is 9.79. The lowest BCUT2D eigenvalue weighted by Crippen LogP contribution is -2.54. The van der Waals surface area contributed by atoms with Gasteiger partial charge in [0.1, 0.15) is 5.60 Å². The number of hydrogen-bond donors (Lipinski definition) is 3. The van der Waals surface area contributed by atoms with Crippen LogP contribution in [0.3, 0.4) is 0 Å². The zero-order valence-corrected chi connectivity index (χ0v) is 23.1. The van der Waals surface area contributed by atoms with Crippen LogP contribution < -0.4 is 10.6 Å². The van der Waals surface area contributed by atoms with E-state index in [-0.39, 0.29) is 18.1 Å². The number of carbonyl (C=O) groups excluding carboxylic acids is 1. The number of carbonyl (C=O) groups is 1. The molecule has 1 saturated heterocycles. The van der Waals surface area contributed by atoms with E-state index in [1.807, 2.05) is 65.6 Å². The van der Waals surface area contributed by atoms with E-state index in [2.05, 4.69) is 47.9 Å². The molecule has 1 heterocycles. The van der Waals surface area contributed by atoms with Crippen molar-refractivity contribution < 1.29 is 9.90 Å². The highest BCUT2D eigenvalue weighted by atomic mass is 16.3. The van der Waals surface area contributed by atoms with Crippen LogP contribution in [0.2, 0.25) is 0 Å². The van der Waals surface area contributed by atoms with E-state index < -0.39 is 5.60 Å². The van der Waals surface area contributed by atoms with Gasteiger partial charge in [0, 0.05) is 18.6 Å². The molecule has 39 heavy (non-hydrogen) atoms. The number of likely N-dealkylation sites (tertiary alicyclic amines) is 1. The fourth-order valence-electron chi connectivity index (χ4n) is 6.60. The molecule has 0 bridgehead atoms. The summed E-state index contributed by atoms with van der Waals surface area (Å²) in [5, 5.41) is 19.3. The molecule has 0 radical (unpaired) electrons. The Morgan fingerprint density at radius 3 is 2.03 bits per heavy atom. The van der Waals surface area contributed by atoms with E-state index in [1.165, 1.54) is 12.0 Å². The van der Waals surface area contributed by atoms with Crippen LogP contribution in [0.15, 0.2) is 91.0 Å². The van der Waals surface area contributed by atoms with Crippen LogP contribution in [0.1, 0.15) is 74.6 Å². The predicted octanol–water partition coefficient (Wildman–Crippen LogP) is 6.40. The standard InChI is InChI=1S/C34H43N3O2/c1-26(28-12-5-2-6-13-28)35-24-23-27-19-21-31(22-20-27)36-33(38)37-25-11-18-32(37)34(39,29-14-7-3-8-15-29)30-16-9-4-10-17-30/h2-10,12-17,26-27,31-32,35,39H,11,18-25H2,1H3,(H,36,38)/t26-,27?,31?,32-/m1/s1. The first-order chi connectivity index (χ1) is 19.1.